The Morgan fingerprint density at radius 3 is 3.19 bits per heavy atom. The van der Waals surface area contributed by atoms with Gasteiger partial charge in [0.15, 0.2) is 0 Å². The van der Waals surface area contributed by atoms with Crippen LogP contribution in [0.15, 0.2) is 23.3 Å². The lowest BCUT2D eigenvalue weighted by atomic mass is 10.1. The largest absolute Gasteiger partial charge is 0.397 e. The second kappa shape index (κ2) is 4.73. The van der Waals surface area contributed by atoms with Crippen molar-refractivity contribution in [2.45, 2.75) is 31.4 Å². The monoisotopic (exact) mass is 286 g/mol. The molecule has 110 valence electrons. The van der Waals surface area contributed by atoms with Crippen LogP contribution in [0.3, 0.4) is 0 Å². The lowest BCUT2D eigenvalue weighted by Gasteiger charge is -2.39. The Hall–Kier alpha value is -2.08. The van der Waals surface area contributed by atoms with Crippen molar-refractivity contribution >= 4 is 22.3 Å². The number of morpholine rings is 1. The molecular weight excluding hydrogens is 268 g/mol. The molecule has 0 spiro atoms. The smallest absolute Gasteiger partial charge is 0.258 e. The molecular formula is C15H18N4O2. The van der Waals surface area contributed by atoms with Gasteiger partial charge in [0.2, 0.25) is 0 Å². The Morgan fingerprint density at radius 2 is 2.29 bits per heavy atom. The number of fused-ring (bicyclic) bond motifs is 2. The zero-order valence-electron chi connectivity index (χ0n) is 11.7. The van der Waals surface area contributed by atoms with Crippen molar-refractivity contribution in [3.05, 3.63) is 28.8 Å². The zero-order chi connectivity index (χ0) is 14.4. The van der Waals surface area contributed by atoms with Crippen molar-refractivity contribution in [2.75, 3.05) is 23.8 Å². The fourth-order valence-corrected chi connectivity index (χ4v) is 3.59. The third kappa shape index (κ3) is 1.98. The Kier molecular flexibility index (Phi) is 2.85. The van der Waals surface area contributed by atoms with Gasteiger partial charge in [-0.25, -0.2) is 4.98 Å². The first kappa shape index (κ1) is 12.6. The van der Waals surface area contributed by atoms with E-state index in [4.69, 9.17) is 10.5 Å². The molecule has 1 saturated carbocycles. The summed E-state index contributed by atoms with van der Waals surface area (Å²) in [6.07, 6.45) is 5.18. The molecule has 1 aromatic carbocycles. The van der Waals surface area contributed by atoms with Crippen LogP contribution in [0.2, 0.25) is 0 Å². The summed E-state index contributed by atoms with van der Waals surface area (Å²) >= 11 is 0. The average molecular weight is 286 g/mol. The van der Waals surface area contributed by atoms with Crippen LogP contribution >= 0.6 is 0 Å². The Morgan fingerprint density at radius 1 is 1.38 bits per heavy atom. The summed E-state index contributed by atoms with van der Waals surface area (Å²) in [6.45, 7) is 1.56. The SMILES string of the molecule is Nc1cc2c(=O)[nH]cnc2cc1N1CCOC2CCCC21. The molecule has 6 nitrogen and oxygen atoms in total. The van der Waals surface area contributed by atoms with E-state index in [-0.39, 0.29) is 5.56 Å². The molecule has 1 saturated heterocycles. The van der Waals surface area contributed by atoms with Gasteiger partial charge in [-0.2, -0.15) is 0 Å². The van der Waals surface area contributed by atoms with E-state index >= 15 is 0 Å². The van der Waals surface area contributed by atoms with Gasteiger partial charge in [-0.15, -0.1) is 0 Å². The van der Waals surface area contributed by atoms with Crippen molar-refractivity contribution in [2.24, 2.45) is 0 Å². The summed E-state index contributed by atoms with van der Waals surface area (Å²) in [4.78, 5) is 21.0. The van der Waals surface area contributed by atoms with E-state index in [1.807, 2.05) is 6.07 Å². The number of aromatic nitrogens is 2. The van der Waals surface area contributed by atoms with Gasteiger partial charge >= 0.3 is 0 Å². The third-order valence-electron chi connectivity index (χ3n) is 4.58. The first-order valence-electron chi connectivity index (χ1n) is 7.39. The second-order valence-electron chi connectivity index (χ2n) is 5.76. The van der Waals surface area contributed by atoms with E-state index in [0.29, 0.717) is 28.7 Å². The summed E-state index contributed by atoms with van der Waals surface area (Å²) < 4.78 is 5.85. The molecule has 2 heterocycles. The predicted molar refractivity (Wildman–Crippen MR) is 81.5 cm³/mol. The molecule has 2 fully saturated rings. The normalized spacial score (nSPS) is 25.2. The van der Waals surface area contributed by atoms with Gasteiger partial charge in [0.25, 0.3) is 5.56 Å². The number of nitrogens with two attached hydrogens (primary N) is 1. The fourth-order valence-electron chi connectivity index (χ4n) is 3.59. The summed E-state index contributed by atoms with van der Waals surface area (Å²) in [6, 6.07) is 4.05. The van der Waals surface area contributed by atoms with Gasteiger partial charge in [0, 0.05) is 6.54 Å². The van der Waals surface area contributed by atoms with Gasteiger partial charge in [-0.3, -0.25) is 4.79 Å². The molecule has 0 radical (unpaired) electrons. The quantitative estimate of drug-likeness (QED) is 0.771. The number of H-pyrrole nitrogens is 1. The predicted octanol–water partition coefficient (Wildman–Crippen LogP) is 1.26. The Balaban J connectivity index is 1.82. The lowest BCUT2D eigenvalue weighted by molar-refractivity contribution is 0.0257. The fraction of sp³-hybridized carbons (Fsp3) is 0.467. The summed E-state index contributed by atoms with van der Waals surface area (Å²) in [7, 11) is 0. The lowest BCUT2D eigenvalue weighted by Crippen LogP contribution is -2.48. The molecule has 2 aromatic rings. The maximum atomic E-state index is 11.8. The van der Waals surface area contributed by atoms with Crippen LogP contribution < -0.4 is 16.2 Å². The molecule has 21 heavy (non-hydrogen) atoms. The number of nitrogens with zero attached hydrogens (tertiary/aromatic N) is 2. The number of ether oxygens (including phenoxy) is 1. The van der Waals surface area contributed by atoms with Crippen molar-refractivity contribution < 1.29 is 4.74 Å². The molecule has 6 heteroatoms. The molecule has 1 aromatic heterocycles. The molecule has 0 amide bonds. The first-order chi connectivity index (χ1) is 10.2. The van der Waals surface area contributed by atoms with Gasteiger partial charge in [-0.05, 0) is 31.4 Å². The van der Waals surface area contributed by atoms with E-state index in [9.17, 15) is 4.79 Å². The van der Waals surface area contributed by atoms with Crippen LogP contribution in [0.4, 0.5) is 11.4 Å². The maximum absolute atomic E-state index is 11.8. The highest BCUT2D eigenvalue weighted by atomic mass is 16.5. The highest BCUT2D eigenvalue weighted by molar-refractivity contribution is 5.88. The minimum absolute atomic E-state index is 0.154. The number of hydrogen-bond donors (Lipinski definition) is 2. The molecule has 2 unspecified atom stereocenters. The van der Waals surface area contributed by atoms with Gasteiger partial charge in [-0.1, -0.05) is 0 Å². The summed E-state index contributed by atoms with van der Waals surface area (Å²) in [5, 5.41) is 0.537. The van der Waals surface area contributed by atoms with E-state index < -0.39 is 0 Å². The number of benzene rings is 1. The molecule has 4 rings (SSSR count). The van der Waals surface area contributed by atoms with Crippen LogP contribution in [-0.2, 0) is 4.74 Å². The van der Waals surface area contributed by atoms with Crippen LogP contribution in [0.1, 0.15) is 19.3 Å². The number of hydrogen-bond acceptors (Lipinski definition) is 5. The number of nitrogens with one attached hydrogen (secondary N) is 1. The van der Waals surface area contributed by atoms with Crippen molar-refractivity contribution in [1.29, 1.82) is 0 Å². The van der Waals surface area contributed by atoms with Crippen LogP contribution in [0, 0.1) is 0 Å². The van der Waals surface area contributed by atoms with E-state index in [0.717, 1.165) is 31.7 Å². The molecule has 2 aliphatic rings. The third-order valence-corrected chi connectivity index (χ3v) is 4.58. The van der Waals surface area contributed by atoms with Crippen molar-refractivity contribution in [3.63, 3.8) is 0 Å². The molecule has 1 aliphatic carbocycles. The standard InChI is InChI=1S/C15H18N4O2/c16-10-6-9-11(17-8-18-15(9)20)7-13(10)19-4-5-21-14-3-1-2-12(14)19/h6-8,12,14H,1-5,16H2,(H,17,18,20). The topological polar surface area (TPSA) is 84.2 Å². The van der Waals surface area contributed by atoms with Crippen LogP contribution in [0.25, 0.3) is 10.9 Å². The second-order valence-corrected chi connectivity index (χ2v) is 5.76. The van der Waals surface area contributed by atoms with Crippen molar-refractivity contribution in [1.82, 2.24) is 9.97 Å². The molecule has 3 N–H and O–H groups in total. The highest BCUT2D eigenvalue weighted by Gasteiger charge is 2.36. The van der Waals surface area contributed by atoms with Gasteiger partial charge in [0.05, 0.1) is 47.4 Å². The van der Waals surface area contributed by atoms with Crippen molar-refractivity contribution in [3.8, 4) is 0 Å². The summed E-state index contributed by atoms with van der Waals surface area (Å²) in [5.74, 6) is 0. The van der Waals surface area contributed by atoms with E-state index in [2.05, 4.69) is 14.9 Å². The zero-order valence-corrected chi connectivity index (χ0v) is 11.7. The molecule has 2 atom stereocenters. The van der Waals surface area contributed by atoms with E-state index in [1.165, 1.54) is 12.7 Å². The van der Waals surface area contributed by atoms with Gasteiger partial charge in [0.1, 0.15) is 0 Å². The number of rotatable bonds is 1. The molecule has 1 aliphatic heterocycles. The van der Waals surface area contributed by atoms with Crippen LogP contribution in [-0.4, -0.2) is 35.3 Å². The minimum Gasteiger partial charge on any atom is -0.397 e. The first-order valence-corrected chi connectivity index (χ1v) is 7.39. The van der Waals surface area contributed by atoms with Gasteiger partial charge < -0.3 is 20.4 Å². The minimum atomic E-state index is -0.154. The Bertz CT molecular complexity index is 742. The number of anilines is 2. The highest BCUT2D eigenvalue weighted by Crippen LogP contribution is 2.36. The number of aromatic amines is 1. The summed E-state index contributed by atoms with van der Waals surface area (Å²) in [5.41, 5.74) is 8.34. The van der Waals surface area contributed by atoms with Crippen LogP contribution in [0.5, 0.6) is 0 Å². The maximum Gasteiger partial charge on any atom is 0.258 e. The average Bonchev–Trinajstić information content (AvgIpc) is 2.96. The van der Waals surface area contributed by atoms with E-state index in [1.54, 1.807) is 6.07 Å². The molecule has 0 bridgehead atoms. The number of nitrogen functional groups attached to an aromatic ring is 1. The Labute approximate surface area is 121 Å².